The number of hydrogen-bond donors (Lipinski definition) is 2. The summed E-state index contributed by atoms with van der Waals surface area (Å²) in [6.45, 7) is 0.776. The SMILES string of the molecule is O=C(NCc1ccccc1F)c1nc(C(=O)NC2CC2)n2c1CCCC2. The molecule has 0 spiro atoms. The lowest BCUT2D eigenvalue weighted by Crippen LogP contribution is -2.29. The molecule has 0 radical (unpaired) electrons. The van der Waals surface area contributed by atoms with Gasteiger partial charge >= 0.3 is 0 Å². The largest absolute Gasteiger partial charge is 0.347 e. The minimum Gasteiger partial charge on any atom is -0.347 e. The first-order valence-corrected chi connectivity index (χ1v) is 9.05. The number of nitrogens with zero attached hydrogens (tertiary/aromatic N) is 2. The predicted octanol–water partition coefficient (Wildman–Crippen LogP) is 2.18. The molecule has 1 fully saturated rings. The van der Waals surface area contributed by atoms with Crippen LogP contribution in [-0.2, 0) is 19.5 Å². The highest BCUT2D eigenvalue weighted by Crippen LogP contribution is 2.23. The summed E-state index contributed by atoms with van der Waals surface area (Å²) in [4.78, 5) is 29.4. The van der Waals surface area contributed by atoms with Crippen LogP contribution in [0.3, 0.4) is 0 Å². The summed E-state index contributed by atoms with van der Waals surface area (Å²) in [6, 6.07) is 6.56. The van der Waals surface area contributed by atoms with E-state index in [1.807, 2.05) is 4.57 Å². The molecule has 1 aromatic carbocycles. The third kappa shape index (κ3) is 3.34. The van der Waals surface area contributed by atoms with Crippen LogP contribution in [0.5, 0.6) is 0 Å². The van der Waals surface area contributed by atoms with Crippen molar-refractivity contribution in [3.05, 3.63) is 52.9 Å². The van der Waals surface area contributed by atoms with Gasteiger partial charge in [-0.05, 0) is 38.2 Å². The smallest absolute Gasteiger partial charge is 0.287 e. The summed E-state index contributed by atoms with van der Waals surface area (Å²) in [6.07, 6.45) is 4.63. The number of carbonyl (C=O) groups is 2. The van der Waals surface area contributed by atoms with Gasteiger partial charge in [0, 0.05) is 24.7 Å². The zero-order valence-corrected chi connectivity index (χ0v) is 14.4. The van der Waals surface area contributed by atoms with Gasteiger partial charge in [0.15, 0.2) is 5.82 Å². The highest BCUT2D eigenvalue weighted by Gasteiger charge is 2.30. The molecule has 4 rings (SSSR count). The van der Waals surface area contributed by atoms with Gasteiger partial charge in [-0.25, -0.2) is 9.37 Å². The molecule has 1 aliphatic heterocycles. The zero-order chi connectivity index (χ0) is 18.1. The Morgan fingerprint density at radius 3 is 2.77 bits per heavy atom. The van der Waals surface area contributed by atoms with Crippen LogP contribution in [0.15, 0.2) is 24.3 Å². The molecular weight excluding hydrogens is 335 g/mol. The summed E-state index contributed by atoms with van der Waals surface area (Å²) in [7, 11) is 0. The second kappa shape index (κ2) is 6.90. The van der Waals surface area contributed by atoms with Crippen LogP contribution in [0.25, 0.3) is 0 Å². The van der Waals surface area contributed by atoms with Crippen LogP contribution in [-0.4, -0.2) is 27.4 Å². The molecule has 2 aromatic rings. The zero-order valence-electron chi connectivity index (χ0n) is 14.4. The van der Waals surface area contributed by atoms with Crippen LogP contribution in [0.2, 0.25) is 0 Å². The normalized spacial score (nSPS) is 16.0. The van der Waals surface area contributed by atoms with Gasteiger partial charge in [-0.3, -0.25) is 9.59 Å². The van der Waals surface area contributed by atoms with Crippen molar-refractivity contribution in [3.63, 3.8) is 0 Å². The van der Waals surface area contributed by atoms with Crippen molar-refractivity contribution in [2.75, 3.05) is 0 Å². The van der Waals surface area contributed by atoms with Crippen molar-refractivity contribution < 1.29 is 14.0 Å². The van der Waals surface area contributed by atoms with Crippen molar-refractivity contribution >= 4 is 11.8 Å². The number of hydrogen-bond acceptors (Lipinski definition) is 3. The lowest BCUT2D eigenvalue weighted by Gasteiger charge is -2.17. The number of amides is 2. The average molecular weight is 356 g/mol. The number of nitrogens with one attached hydrogen (secondary N) is 2. The molecule has 2 amide bonds. The lowest BCUT2D eigenvalue weighted by molar-refractivity contribution is 0.0935. The Morgan fingerprint density at radius 1 is 1.19 bits per heavy atom. The van der Waals surface area contributed by atoms with E-state index in [0.717, 1.165) is 31.4 Å². The number of halogens is 1. The first-order chi connectivity index (χ1) is 12.6. The van der Waals surface area contributed by atoms with Crippen molar-refractivity contribution in [1.29, 1.82) is 0 Å². The number of rotatable bonds is 5. The van der Waals surface area contributed by atoms with Gasteiger partial charge in [0.25, 0.3) is 11.8 Å². The number of aromatic nitrogens is 2. The van der Waals surface area contributed by atoms with E-state index in [0.29, 0.717) is 24.4 Å². The quantitative estimate of drug-likeness (QED) is 0.862. The summed E-state index contributed by atoms with van der Waals surface area (Å²) < 4.78 is 15.6. The van der Waals surface area contributed by atoms with Gasteiger partial charge in [-0.2, -0.15) is 0 Å². The molecule has 0 unspecified atom stereocenters. The Hall–Kier alpha value is -2.70. The van der Waals surface area contributed by atoms with E-state index in [-0.39, 0.29) is 35.9 Å². The van der Waals surface area contributed by atoms with E-state index >= 15 is 0 Å². The van der Waals surface area contributed by atoms with Crippen molar-refractivity contribution in [2.24, 2.45) is 0 Å². The summed E-state index contributed by atoms with van der Waals surface area (Å²) in [5, 5.41) is 5.66. The molecule has 2 N–H and O–H groups in total. The van der Waals surface area contributed by atoms with Crippen LogP contribution in [0.4, 0.5) is 4.39 Å². The molecule has 26 heavy (non-hydrogen) atoms. The molecule has 0 atom stereocenters. The van der Waals surface area contributed by atoms with Crippen LogP contribution >= 0.6 is 0 Å². The van der Waals surface area contributed by atoms with E-state index < -0.39 is 0 Å². The Balaban J connectivity index is 1.55. The van der Waals surface area contributed by atoms with Crippen LogP contribution in [0.1, 0.15) is 58.0 Å². The fourth-order valence-electron chi connectivity index (χ4n) is 3.28. The maximum Gasteiger partial charge on any atom is 0.287 e. The van der Waals surface area contributed by atoms with Gasteiger partial charge < -0.3 is 15.2 Å². The standard InChI is InChI=1S/C19H21FN4O2/c20-14-6-2-1-5-12(14)11-21-18(25)16-15-7-3-4-10-24(15)17(23-16)19(26)22-13-8-9-13/h1-2,5-6,13H,3-4,7-11H2,(H,21,25)(H,22,26). The first kappa shape index (κ1) is 16.8. The fraction of sp³-hybridized carbons (Fsp3) is 0.421. The minimum absolute atomic E-state index is 0.0847. The fourth-order valence-corrected chi connectivity index (χ4v) is 3.28. The van der Waals surface area contributed by atoms with Crippen molar-refractivity contribution in [1.82, 2.24) is 20.2 Å². The molecule has 2 aliphatic rings. The number of benzene rings is 1. The van der Waals surface area contributed by atoms with Gasteiger partial charge in [0.2, 0.25) is 0 Å². The summed E-state index contributed by atoms with van der Waals surface area (Å²) in [5.74, 6) is -0.639. The van der Waals surface area contributed by atoms with E-state index in [9.17, 15) is 14.0 Å². The molecule has 6 nitrogen and oxygen atoms in total. The van der Waals surface area contributed by atoms with Crippen LogP contribution in [0, 0.1) is 5.82 Å². The molecule has 7 heteroatoms. The average Bonchev–Trinajstić information content (AvgIpc) is 3.37. The molecular formula is C19H21FN4O2. The van der Waals surface area contributed by atoms with E-state index in [2.05, 4.69) is 15.6 Å². The van der Waals surface area contributed by atoms with E-state index in [1.165, 1.54) is 6.07 Å². The Kier molecular flexibility index (Phi) is 4.44. The van der Waals surface area contributed by atoms with Gasteiger partial charge in [-0.15, -0.1) is 0 Å². The molecule has 1 aliphatic carbocycles. The molecule has 0 saturated heterocycles. The predicted molar refractivity (Wildman–Crippen MR) is 93.2 cm³/mol. The first-order valence-electron chi connectivity index (χ1n) is 9.05. The van der Waals surface area contributed by atoms with Crippen molar-refractivity contribution in [2.45, 2.75) is 51.2 Å². The van der Waals surface area contributed by atoms with Gasteiger partial charge in [0.1, 0.15) is 11.5 Å². The second-order valence-corrected chi connectivity index (χ2v) is 6.86. The van der Waals surface area contributed by atoms with Gasteiger partial charge in [0.05, 0.1) is 5.69 Å². The Bertz CT molecular complexity index is 857. The summed E-state index contributed by atoms with van der Waals surface area (Å²) >= 11 is 0. The van der Waals surface area contributed by atoms with E-state index in [4.69, 9.17) is 0 Å². The maximum absolute atomic E-state index is 13.7. The lowest BCUT2D eigenvalue weighted by atomic mass is 10.1. The number of fused-ring (bicyclic) bond motifs is 1. The van der Waals surface area contributed by atoms with Crippen LogP contribution < -0.4 is 10.6 Å². The third-order valence-corrected chi connectivity index (χ3v) is 4.85. The highest BCUT2D eigenvalue weighted by atomic mass is 19.1. The number of imidazole rings is 1. The van der Waals surface area contributed by atoms with E-state index in [1.54, 1.807) is 18.2 Å². The number of carbonyl (C=O) groups excluding carboxylic acids is 2. The molecule has 1 saturated carbocycles. The molecule has 1 aromatic heterocycles. The monoisotopic (exact) mass is 356 g/mol. The Morgan fingerprint density at radius 2 is 2.00 bits per heavy atom. The highest BCUT2D eigenvalue weighted by molar-refractivity contribution is 5.97. The van der Waals surface area contributed by atoms with Gasteiger partial charge in [-0.1, -0.05) is 18.2 Å². The Labute approximate surface area is 150 Å². The third-order valence-electron chi connectivity index (χ3n) is 4.85. The minimum atomic E-state index is -0.371. The maximum atomic E-state index is 13.7. The molecule has 2 heterocycles. The second-order valence-electron chi connectivity index (χ2n) is 6.86. The topological polar surface area (TPSA) is 76.0 Å². The summed E-state index contributed by atoms with van der Waals surface area (Å²) in [5.41, 5.74) is 1.49. The molecule has 136 valence electrons. The van der Waals surface area contributed by atoms with Crippen molar-refractivity contribution in [3.8, 4) is 0 Å². The molecule has 0 bridgehead atoms.